The summed E-state index contributed by atoms with van der Waals surface area (Å²) in [7, 11) is 0. The first-order valence-electron chi connectivity index (χ1n) is 4.46. The normalized spacial score (nSPS) is 22.2. The Balaban J connectivity index is 2.29. The highest BCUT2D eigenvalue weighted by Gasteiger charge is 2.18. The molecule has 0 radical (unpaired) electrons. The van der Waals surface area contributed by atoms with Gasteiger partial charge in [-0.25, -0.2) is 0 Å². The molecule has 1 fully saturated rings. The third kappa shape index (κ3) is 1.98. The maximum atomic E-state index is 6.09. The second-order valence-corrected chi connectivity index (χ2v) is 4.16. The van der Waals surface area contributed by atoms with Crippen LogP contribution in [-0.2, 0) is 0 Å². The molecule has 1 nitrogen and oxygen atoms in total. The van der Waals surface area contributed by atoms with Gasteiger partial charge in [-0.15, -0.1) is 0 Å². The number of hydrogen-bond donors (Lipinski definition) is 1. The molecule has 2 rings (SSSR count). The number of nitrogens with one attached hydrogen (secondary N) is 1. The minimum absolute atomic E-state index is 0.421. The Kier molecular flexibility index (Phi) is 2.77. The zero-order chi connectivity index (χ0) is 9.26. The van der Waals surface area contributed by atoms with E-state index >= 15 is 0 Å². The fraction of sp³-hybridized carbons (Fsp3) is 0.400. The molecule has 13 heavy (non-hydrogen) atoms. The van der Waals surface area contributed by atoms with E-state index in [0.717, 1.165) is 11.6 Å². The zero-order valence-corrected chi connectivity index (χ0v) is 8.70. The molecule has 0 aliphatic carbocycles. The van der Waals surface area contributed by atoms with Gasteiger partial charge in [0.25, 0.3) is 0 Å². The van der Waals surface area contributed by atoms with Gasteiger partial charge in [0, 0.05) is 16.1 Å². The molecule has 0 spiro atoms. The molecule has 0 saturated carbocycles. The number of rotatable bonds is 1. The van der Waals surface area contributed by atoms with Crippen molar-refractivity contribution in [3.05, 3.63) is 33.8 Å². The molecule has 3 heteroatoms. The molecule has 1 aliphatic heterocycles. The van der Waals surface area contributed by atoms with Crippen molar-refractivity contribution in [2.75, 3.05) is 6.54 Å². The number of benzene rings is 1. The molecule has 1 N–H and O–H groups in total. The highest BCUT2D eigenvalue weighted by Crippen LogP contribution is 2.30. The lowest BCUT2D eigenvalue weighted by atomic mass is 10.1. The van der Waals surface area contributed by atoms with E-state index in [4.69, 9.17) is 23.2 Å². The molecule has 1 aromatic rings. The summed E-state index contributed by atoms with van der Waals surface area (Å²) in [5, 5.41) is 4.88. The Hall–Kier alpha value is -0.240. The summed E-state index contributed by atoms with van der Waals surface area (Å²) >= 11 is 11.9. The molecule has 1 aliphatic rings. The Labute approximate surface area is 88.0 Å². The van der Waals surface area contributed by atoms with Crippen molar-refractivity contribution in [1.82, 2.24) is 5.32 Å². The highest BCUT2D eigenvalue weighted by molar-refractivity contribution is 6.35. The van der Waals surface area contributed by atoms with Crippen LogP contribution in [0.5, 0.6) is 0 Å². The SMILES string of the molecule is Clc1ccc(C2CCCN2)c(Cl)c1. The summed E-state index contributed by atoms with van der Waals surface area (Å²) in [6.45, 7) is 1.09. The second kappa shape index (κ2) is 3.87. The molecule has 0 amide bonds. The van der Waals surface area contributed by atoms with Gasteiger partial charge in [-0.1, -0.05) is 29.3 Å². The zero-order valence-electron chi connectivity index (χ0n) is 7.19. The van der Waals surface area contributed by atoms with Gasteiger partial charge in [0.1, 0.15) is 0 Å². The average Bonchev–Trinajstić information content (AvgIpc) is 2.56. The summed E-state index contributed by atoms with van der Waals surface area (Å²) in [6.07, 6.45) is 2.39. The van der Waals surface area contributed by atoms with Crippen LogP contribution in [0.1, 0.15) is 24.4 Å². The summed E-state index contributed by atoms with van der Waals surface area (Å²) < 4.78 is 0. The fourth-order valence-corrected chi connectivity index (χ4v) is 2.27. The van der Waals surface area contributed by atoms with Crippen molar-refractivity contribution in [3.63, 3.8) is 0 Å². The Morgan fingerprint density at radius 1 is 1.31 bits per heavy atom. The Bertz CT molecular complexity index is 306. The Morgan fingerprint density at radius 2 is 2.15 bits per heavy atom. The maximum Gasteiger partial charge on any atom is 0.0468 e. The minimum atomic E-state index is 0.421. The first-order valence-corrected chi connectivity index (χ1v) is 5.21. The monoisotopic (exact) mass is 215 g/mol. The smallest absolute Gasteiger partial charge is 0.0468 e. The number of halogens is 2. The second-order valence-electron chi connectivity index (χ2n) is 3.31. The van der Waals surface area contributed by atoms with E-state index < -0.39 is 0 Å². The first kappa shape index (κ1) is 9.32. The summed E-state index contributed by atoms with van der Waals surface area (Å²) in [5.74, 6) is 0. The van der Waals surface area contributed by atoms with E-state index in [-0.39, 0.29) is 0 Å². The predicted molar refractivity (Wildman–Crippen MR) is 56.4 cm³/mol. The van der Waals surface area contributed by atoms with Crippen molar-refractivity contribution < 1.29 is 0 Å². The molecule has 1 aromatic carbocycles. The van der Waals surface area contributed by atoms with Crippen molar-refractivity contribution in [2.45, 2.75) is 18.9 Å². The predicted octanol–water partition coefficient (Wildman–Crippen LogP) is 3.42. The maximum absolute atomic E-state index is 6.09. The minimum Gasteiger partial charge on any atom is -0.310 e. The largest absolute Gasteiger partial charge is 0.310 e. The van der Waals surface area contributed by atoms with Gasteiger partial charge in [0.2, 0.25) is 0 Å². The van der Waals surface area contributed by atoms with E-state index in [1.54, 1.807) is 6.07 Å². The molecule has 1 atom stereocenters. The lowest BCUT2D eigenvalue weighted by Crippen LogP contribution is -2.13. The van der Waals surface area contributed by atoms with E-state index in [0.29, 0.717) is 11.1 Å². The van der Waals surface area contributed by atoms with Gasteiger partial charge in [-0.3, -0.25) is 0 Å². The van der Waals surface area contributed by atoms with Gasteiger partial charge in [-0.05, 0) is 37.1 Å². The fourth-order valence-electron chi connectivity index (χ4n) is 1.73. The molecule has 1 saturated heterocycles. The molecule has 0 aromatic heterocycles. The van der Waals surface area contributed by atoms with Crippen molar-refractivity contribution in [1.29, 1.82) is 0 Å². The van der Waals surface area contributed by atoms with Gasteiger partial charge in [0.15, 0.2) is 0 Å². The van der Waals surface area contributed by atoms with E-state index in [2.05, 4.69) is 5.32 Å². The van der Waals surface area contributed by atoms with Crippen LogP contribution >= 0.6 is 23.2 Å². The molecular formula is C10H11Cl2N. The summed E-state index contributed by atoms with van der Waals surface area (Å²) in [4.78, 5) is 0. The first-order chi connectivity index (χ1) is 6.27. The van der Waals surface area contributed by atoms with Crippen LogP contribution in [0.25, 0.3) is 0 Å². The van der Waals surface area contributed by atoms with Crippen LogP contribution in [0, 0.1) is 0 Å². The molecular weight excluding hydrogens is 205 g/mol. The lowest BCUT2D eigenvalue weighted by molar-refractivity contribution is 0.648. The van der Waals surface area contributed by atoms with Crippen LogP contribution < -0.4 is 5.32 Å². The molecule has 0 bridgehead atoms. The Morgan fingerprint density at radius 3 is 2.77 bits per heavy atom. The van der Waals surface area contributed by atoms with E-state index in [1.807, 2.05) is 12.1 Å². The van der Waals surface area contributed by atoms with Crippen LogP contribution in [0.2, 0.25) is 10.0 Å². The topological polar surface area (TPSA) is 12.0 Å². The van der Waals surface area contributed by atoms with Crippen molar-refractivity contribution in [3.8, 4) is 0 Å². The highest BCUT2D eigenvalue weighted by atomic mass is 35.5. The third-order valence-corrected chi connectivity index (χ3v) is 2.96. The van der Waals surface area contributed by atoms with Gasteiger partial charge in [-0.2, -0.15) is 0 Å². The molecule has 1 heterocycles. The number of hydrogen-bond acceptors (Lipinski definition) is 1. The van der Waals surface area contributed by atoms with Crippen LogP contribution in [0.15, 0.2) is 18.2 Å². The molecule has 70 valence electrons. The third-order valence-electron chi connectivity index (χ3n) is 2.40. The van der Waals surface area contributed by atoms with Crippen molar-refractivity contribution in [2.24, 2.45) is 0 Å². The van der Waals surface area contributed by atoms with Gasteiger partial charge < -0.3 is 5.32 Å². The summed E-state index contributed by atoms with van der Waals surface area (Å²) in [5.41, 5.74) is 1.17. The van der Waals surface area contributed by atoms with Gasteiger partial charge >= 0.3 is 0 Å². The van der Waals surface area contributed by atoms with E-state index in [9.17, 15) is 0 Å². The molecule has 1 unspecified atom stereocenters. The standard InChI is InChI=1S/C10H11Cl2N/c11-7-3-4-8(9(12)6-7)10-2-1-5-13-10/h3-4,6,10,13H,1-2,5H2. The summed E-state index contributed by atoms with van der Waals surface area (Å²) in [6, 6.07) is 6.12. The van der Waals surface area contributed by atoms with Crippen LogP contribution in [0.4, 0.5) is 0 Å². The van der Waals surface area contributed by atoms with Crippen LogP contribution in [0.3, 0.4) is 0 Å². The van der Waals surface area contributed by atoms with E-state index in [1.165, 1.54) is 18.4 Å². The van der Waals surface area contributed by atoms with Gasteiger partial charge in [0.05, 0.1) is 0 Å². The van der Waals surface area contributed by atoms with Crippen LogP contribution in [-0.4, -0.2) is 6.54 Å². The van der Waals surface area contributed by atoms with Crippen molar-refractivity contribution >= 4 is 23.2 Å². The lowest BCUT2D eigenvalue weighted by Gasteiger charge is -2.12. The average molecular weight is 216 g/mol. The quantitative estimate of drug-likeness (QED) is 0.758.